The van der Waals surface area contributed by atoms with Gasteiger partial charge in [0.05, 0.1) is 6.61 Å². The Bertz CT molecular complexity index is 1040. The predicted molar refractivity (Wildman–Crippen MR) is 127 cm³/mol. The number of amides is 1. The summed E-state index contributed by atoms with van der Waals surface area (Å²) in [5.74, 6) is 1.31. The van der Waals surface area contributed by atoms with Crippen molar-refractivity contribution >= 4 is 11.6 Å². The number of aryl methyl sites for hydroxylation is 2. The van der Waals surface area contributed by atoms with Gasteiger partial charge in [-0.05, 0) is 61.6 Å². The molecular formula is C26H31N3O3. The third-order valence-corrected chi connectivity index (χ3v) is 4.83. The first-order valence-electron chi connectivity index (χ1n) is 10.8. The van der Waals surface area contributed by atoms with Crippen LogP contribution in [-0.4, -0.2) is 22.5 Å². The molecule has 0 unspecified atom stereocenters. The second-order valence-corrected chi connectivity index (χ2v) is 8.84. The lowest BCUT2D eigenvalue weighted by Crippen LogP contribution is -2.13. The summed E-state index contributed by atoms with van der Waals surface area (Å²) in [6, 6.07) is 17.5. The van der Waals surface area contributed by atoms with Crippen LogP contribution < -0.4 is 14.8 Å². The number of carbonyl (C=O) groups excluding carboxylic acids is 1. The van der Waals surface area contributed by atoms with E-state index in [1.54, 1.807) is 12.1 Å². The third kappa shape index (κ3) is 7.08. The van der Waals surface area contributed by atoms with Crippen LogP contribution in [0.1, 0.15) is 50.6 Å². The zero-order chi connectivity index (χ0) is 23.1. The van der Waals surface area contributed by atoms with E-state index in [0.29, 0.717) is 36.9 Å². The highest BCUT2D eigenvalue weighted by molar-refractivity contribution is 5.90. The first-order valence-corrected chi connectivity index (χ1v) is 10.8. The van der Waals surface area contributed by atoms with Gasteiger partial charge in [-0.1, -0.05) is 39.0 Å². The Kier molecular flexibility index (Phi) is 7.46. The van der Waals surface area contributed by atoms with Crippen molar-refractivity contribution in [1.82, 2.24) is 9.97 Å². The molecule has 6 nitrogen and oxygen atoms in total. The van der Waals surface area contributed by atoms with Crippen molar-refractivity contribution in [3.05, 3.63) is 71.5 Å². The van der Waals surface area contributed by atoms with E-state index >= 15 is 0 Å². The van der Waals surface area contributed by atoms with Gasteiger partial charge in [0.2, 0.25) is 5.91 Å². The molecule has 0 aliphatic carbocycles. The van der Waals surface area contributed by atoms with Crippen LogP contribution in [0.15, 0.2) is 54.6 Å². The van der Waals surface area contributed by atoms with Crippen LogP contribution in [0.2, 0.25) is 0 Å². The van der Waals surface area contributed by atoms with Crippen LogP contribution >= 0.6 is 0 Å². The van der Waals surface area contributed by atoms with Crippen LogP contribution in [0.3, 0.4) is 0 Å². The molecule has 1 heterocycles. The van der Waals surface area contributed by atoms with Gasteiger partial charge in [0, 0.05) is 29.6 Å². The molecule has 6 heteroatoms. The largest absolute Gasteiger partial charge is 0.494 e. The van der Waals surface area contributed by atoms with Gasteiger partial charge >= 0.3 is 6.01 Å². The molecule has 0 saturated carbocycles. The summed E-state index contributed by atoms with van der Waals surface area (Å²) in [6.07, 6.45) is 0.991. The maximum atomic E-state index is 12.3. The minimum atomic E-state index is -0.0727. The number of hydrogen-bond donors (Lipinski definition) is 1. The van der Waals surface area contributed by atoms with E-state index in [2.05, 4.69) is 48.2 Å². The first-order chi connectivity index (χ1) is 15.2. The highest BCUT2D eigenvalue weighted by Crippen LogP contribution is 2.25. The lowest BCUT2D eigenvalue weighted by atomic mass is 9.87. The van der Waals surface area contributed by atoms with E-state index in [4.69, 9.17) is 9.47 Å². The summed E-state index contributed by atoms with van der Waals surface area (Å²) in [5, 5.41) is 2.90. The predicted octanol–water partition coefficient (Wildman–Crippen LogP) is 5.98. The molecule has 1 N–H and O–H groups in total. The van der Waals surface area contributed by atoms with E-state index in [1.165, 1.54) is 5.56 Å². The van der Waals surface area contributed by atoms with Gasteiger partial charge in [-0.15, -0.1) is 0 Å². The van der Waals surface area contributed by atoms with Gasteiger partial charge in [0.1, 0.15) is 11.5 Å². The molecule has 1 amide bonds. The van der Waals surface area contributed by atoms with Crippen molar-refractivity contribution in [1.29, 1.82) is 0 Å². The van der Waals surface area contributed by atoms with Crippen LogP contribution in [0.4, 0.5) is 5.69 Å². The average Bonchev–Trinajstić information content (AvgIpc) is 2.70. The average molecular weight is 434 g/mol. The van der Waals surface area contributed by atoms with Crippen molar-refractivity contribution in [2.24, 2.45) is 0 Å². The third-order valence-electron chi connectivity index (χ3n) is 4.83. The van der Waals surface area contributed by atoms with Crippen molar-refractivity contribution in [2.75, 3.05) is 11.9 Å². The molecule has 0 fully saturated rings. The lowest BCUT2D eigenvalue weighted by Gasteiger charge is -2.19. The molecule has 0 aliphatic rings. The van der Waals surface area contributed by atoms with E-state index < -0.39 is 0 Å². The van der Waals surface area contributed by atoms with Gasteiger partial charge in [-0.2, -0.15) is 0 Å². The summed E-state index contributed by atoms with van der Waals surface area (Å²) >= 11 is 0. The number of anilines is 1. The van der Waals surface area contributed by atoms with Crippen LogP contribution in [0.5, 0.6) is 17.5 Å². The molecule has 3 aromatic rings. The second-order valence-electron chi connectivity index (χ2n) is 8.84. The van der Waals surface area contributed by atoms with E-state index in [-0.39, 0.29) is 11.3 Å². The zero-order valence-corrected chi connectivity index (χ0v) is 19.4. The molecule has 1 aromatic heterocycles. The van der Waals surface area contributed by atoms with Crippen molar-refractivity contribution < 1.29 is 14.3 Å². The fraction of sp³-hybridized carbons (Fsp3) is 0.346. The molecule has 0 atom stereocenters. The highest BCUT2D eigenvalue weighted by Gasteiger charge is 2.13. The summed E-state index contributed by atoms with van der Waals surface area (Å²) in [7, 11) is 0. The van der Waals surface area contributed by atoms with Gasteiger partial charge in [-0.3, -0.25) is 4.79 Å². The van der Waals surface area contributed by atoms with Crippen LogP contribution in [0.25, 0.3) is 0 Å². The Morgan fingerprint density at radius 2 is 1.62 bits per heavy atom. The Labute approximate surface area is 190 Å². The molecular weight excluding hydrogens is 402 g/mol. The number of benzene rings is 2. The summed E-state index contributed by atoms with van der Waals surface area (Å²) in [4.78, 5) is 20.9. The lowest BCUT2D eigenvalue weighted by molar-refractivity contribution is -0.116. The van der Waals surface area contributed by atoms with E-state index in [9.17, 15) is 4.79 Å². The molecule has 0 bridgehead atoms. The topological polar surface area (TPSA) is 73.3 Å². The fourth-order valence-corrected chi connectivity index (χ4v) is 3.18. The number of nitrogens with zero attached hydrogens (tertiary/aromatic N) is 2. The molecule has 0 aliphatic heterocycles. The molecule has 0 saturated heterocycles. The summed E-state index contributed by atoms with van der Waals surface area (Å²) < 4.78 is 11.5. The molecule has 2 aromatic carbocycles. The number of hydrogen-bond acceptors (Lipinski definition) is 5. The minimum Gasteiger partial charge on any atom is -0.494 e. The van der Waals surface area contributed by atoms with Gasteiger partial charge < -0.3 is 14.8 Å². The summed E-state index contributed by atoms with van der Waals surface area (Å²) in [5.41, 5.74) is 3.72. The Morgan fingerprint density at radius 1 is 0.938 bits per heavy atom. The number of aromatic nitrogens is 2. The SMILES string of the molecule is Cc1cc(C)nc(Oc2cccc(NC(=O)CCCOc3ccc(C(C)(C)C)cc3)c2)n1. The Balaban J connectivity index is 1.45. The summed E-state index contributed by atoms with van der Waals surface area (Å²) in [6.45, 7) is 10.8. The Hall–Kier alpha value is -3.41. The van der Waals surface area contributed by atoms with Crippen molar-refractivity contribution in [3.63, 3.8) is 0 Å². The van der Waals surface area contributed by atoms with Gasteiger partial charge in [0.25, 0.3) is 0 Å². The highest BCUT2D eigenvalue weighted by atomic mass is 16.5. The van der Waals surface area contributed by atoms with Gasteiger partial charge in [-0.25, -0.2) is 9.97 Å². The molecule has 0 spiro atoms. The maximum absolute atomic E-state index is 12.3. The smallest absolute Gasteiger partial charge is 0.322 e. The number of nitrogens with one attached hydrogen (secondary N) is 1. The standard InChI is InChI=1S/C26H31N3O3/c1-18-16-19(2)28-25(27-18)32-23-9-6-8-21(17-23)29-24(30)10-7-15-31-22-13-11-20(12-14-22)26(3,4)5/h6,8-9,11-14,16-17H,7,10,15H2,1-5H3,(H,29,30). The molecule has 168 valence electrons. The quantitative estimate of drug-likeness (QED) is 0.442. The fourth-order valence-electron chi connectivity index (χ4n) is 3.18. The number of rotatable bonds is 8. The van der Waals surface area contributed by atoms with E-state index in [0.717, 1.165) is 17.1 Å². The minimum absolute atomic E-state index is 0.0727. The van der Waals surface area contributed by atoms with Crippen LogP contribution in [0, 0.1) is 13.8 Å². The second kappa shape index (κ2) is 10.3. The first kappa shape index (κ1) is 23.3. The van der Waals surface area contributed by atoms with Crippen LogP contribution in [-0.2, 0) is 10.2 Å². The normalized spacial score (nSPS) is 11.2. The monoisotopic (exact) mass is 433 g/mol. The zero-order valence-electron chi connectivity index (χ0n) is 19.4. The Morgan fingerprint density at radius 3 is 2.28 bits per heavy atom. The number of carbonyl (C=O) groups is 1. The molecule has 0 radical (unpaired) electrons. The van der Waals surface area contributed by atoms with Crippen molar-refractivity contribution in [2.45, 2.75) is 52.9 Å². The number of ether oxygens (including phenoxy) is 2. The van der Waals surface area contributed by atoms with E-state index in [1.807, 2.05) is 44.2 Å². The molecule has 32 heavy (non-hydrogen) atoms. The molecule has 3 rings (SSSR count). The van der Waals surface area contributed by atoms with Crippen molar-refractivity contribution in [3.8, 4) is 17.5 Å². The maximum Gasteiger partial charge on any atom is 0.322 e. The van der Waals surface area contributed by atoms with Gasteiger partial charge in [0.15, 0.2) is 0 Å².